The molecule has 150 valence electrons. The van der Waals surface area contributed by atoms with Crippen LogP contribution in [0, 0.1) is 0 Å². The Morgan fingerprint density at radius 2 is 1.93 bits per heavy atom. The molecule has 2 aromatic rings. The number of hydrazine groups is 1. The summed E-state index contributed by atoms with van der Waals surface area (Å²) in [4.78, 5) is 0. The standard InChI is InChI=1S/C22H32N6/c1-15(23)22-19-9-8-16(17-13-25-27(2)14-17)12-20(19)21(10-11-28(22)24)26-18-6-4-3-5-7-18/h8-9,12-14,18,21,26H,3-7,10-11,23-24H2,1-2H3/b22-15-. The van der Waals surface area contributed by atoms with Gasteiger partial charge in [0.1, 0.15) is 0 Å². The smallest absolute Gasteiger partial charge is 0.0777 e. The molecule has 6 nitrogen and oxygen atoms in total. The summed E-state index contributed by atoms with van der Waals surface area (Å²) >= 11 is 0. The van der Waals surface area contributed by atoms with Gasteiger partial charge in [0.05, 0.1) is 11.9 Å². The summed E-state index contributed by atoms with van der Waals surface area (Å²) in [6, 6.07) is 7.48. The maximum Gasteiger partial charge on any atom is 0.0777 e. The first-order valence-corrected chi connectivity index (χ1v) is 10.4. The van der Waals surface area contributed by atoms with Crippen molar-refractivity contribution in [3.8, 4) is 11.1 Å². The van der Waals surface area contributed by atoms with E-state index in [0.29, 0.717) is 6.04 Å². The first-order chi connectivity index (χ1) is 13.5. The van der Waals surface area contributed by atoms with E-state index in [1.54, 1.807) is 0 Å². The fourth-order valence-electron chi connectivity index (χ4n) is 4.67. The molecule has 1 unspecified atom stereocenters. The van der Waals surface area contributed by atoms with E-state index in [9.17, 15) is 0 Å². The summed E-state index contributed by atoms with van der Waals surface area (Å²) in [6.07, 6.45) is 11.5. The van der Waals surface area contributed by atoms with Crippen LogP contribution in [0.1, 0.15) is 62.6 Å². The first-order valence-electron chi connectivity index (χ1n) is 10.4. The van der Waals surface area contributed by atoms with Gasteiger partial charge in [-0.2, -0.15) is 5.10 Å². The van der Waals surface area contributed by atoms with E-state index in [1.165, 1.54) is 43.2 Å². The molecule has 2 aliphatic rings. The highest BCUT2D eigenvalue weighted by atomic mass is 15.4. The number of hydrogen-bond acceptors (Lipinski definition) is 5. The minimum Gasteiger partial charge on any atom is -0.401 e. The predicted octanol–water partition coefficient (Wildman–Crippen LogP) is 3.28. The molecule has 4 rings (SSSR count). The molecule has 1 saturated carbocycles. The zero-order valence-corrected chi connectivity index (χ0v) is 17.0. The fourth-order valence-corrected chi connectivity index (χ4v) is 4.67. The van der Waals surface area contributed by atoms with Crippen molar-refractivity contribution in [2.45, 2.75) is 57.5 Å². The SMILES string of the molecule is C/C(N)=C1\c2ccc(-c3cnn(C)c3)cc2C(NC2CCCCC2)CCN1N. The molecule has 5 N–H and O–H groups in total. The number of benzene rings is 1. The normalized spacial score (nSPS) is 22.7. The van der Waals surface area contributed by atoms with Crippen LogP contribution in [0.2, 0.25) is 0 Å². The minimum absolute atomic E-state index is 0.276. The Labute approximate surface area is 167 Å². The second-order valence-corrected chi connectivity index (χ2v) is 8.27. The topological polar surface area (TPSA) is 85.1 Å². The number of aromatic nitrogens is 2. The molecule has 6 heteroatoms. The van der Waals surface area contributed by atoms with Crippen molar-refractivity contribution >= 4 is 5.70 Å². The lowest BCUT2D eigenvalue weighted by molar-refractivity contribution is 0.312. The third-order valence-electron chi connectivity index (χ3n) is 6.08. The van der Waals surface area contributed by atoms with Gasteiger partial charge in [0.25, 0.3) is 0 Å². The molecule has 0 saturated heterocycles. The molecule has 0 spiro atoms. The first kappa shape index (κ1) is 19.0. The van der Waals surface area contributed by atoms with Crippen molar-refractivity contribution in [1.82, 2.24) is 20.1 Å². The molecule has 2 heterocycles. The molecule has 0 bridgehead atoms. The van der Waals surface area contributed by atoms with E-state index in [0.717, 1.165) is 35.5 Å². The zero-order chi connectivity index (χ0) is 19.7. The van der Waals surface area contributed by atoms with Crippen LogP contribution >= 0.6 is 0 Å². The van der Waals surface area contributed by atoms with Crippen LogP contribution in [0.5, 0.6) is 0 Å². The Morgan fingerprint density at radius 3 is 2.61 bits per heavy atom. The lowest BCUT2D eigenvalue weighted by Crippen LogP contribution is -2.36. The van der Waals surface area contributed by atoms with Crippen LogP contribution in [0.25, 0.3) is 16.8 Å². The Hall–Kier alpha value is -2.31. The van der Waals surface area contributed by atoms with E-state index in [1.807, 2.05) is 29.9 Å². The van der Waals surface area contributed by atoms with Crippen molar-refractivity contribution in [3.05, 3.63) is 47.4 Å². The molecule has 1 fully saturated rings. The second kappa shape index (κ2) is 7.97. The van der Waals surface area contributed by atoms with Crippen LogP contribution in [-0.4, -0.2) is 27.4 Å². The zero-order valence-electron chi connectivity index (χ0n) is 17.0. The molecule has 0 amide bonds. The number of allylic oxidation sites excluding steroid dienone is 1. The monoisotopic (exact) mass is 380 g/mol. The summed E-state index contributed by atoms with van der Waals surface area (Å²) in [5.74, 6) is 6.40. The largest absolute Gasteiger partial charge is 0.401 e. The van der Waals surface area contributed by atoms with Gasteiger partial charge in [0.2, 0.25) is 0 Å². The Morgan fingerprint density at radius 1 is 1.14 bits per heavy atom. The lowest BCUT2D eigenvalue weighted by atomic mass is 9.90. The van der Waals surface area contributed by atoms with Crippen LogP contribution in [0.4, 0.5) is 0 Å². The summed E-state index contributed by atoms with van der Waals surface area (Å²) in [5, 5.41) is 10.1. The predicted molar refractivity (Wildman–Crippen MR) is 114 cm³/mol. The van der Waals surface area contributed by atoms with E-state index in [2.05, 4.69) is 34.8 Å². The Bertz CT molecular complexity index is 858. The highest BCUT2D eigenvalue weighted by Crippen LogP contribution is 2.36. The van der Waals surface area contributed by atoms with Crippen molar-refractivity contribution in [2.75, 3.05) is 6.54 Å². The average Bonchev–Trinajstić information content (AvgIpc) is 3.06. The number of nitrogens with two attached hydrogens (primary N) is 2. The molecular formula is C22H32N6. The Balaban J connectivity index is 1.76. The lowest BCUT2D eigenvalue weighted by Gasteiger charge is -2.29. The number of rotatable bonds is 3. The van der Waals surface area contributed by atoms with Crippen molar-refractivity contribution in [1.29, 1.82) is 0 Å². The highest BCUT2D eigenvalue weighted by molar-refractivity contribution is 5.74. The summed E-state index contributed by atoms with van der Waals surface area (Å²) in [5.41, 5.74) is 12.7. The minimum atomic E-state index is 0.276. The second-order valence-electron chi connectivity index (χ2n) is 8.27. The van der Waals surface area contributed by atoms with E-state index < -0.39 is 0 Å². The number of hydrogen-bond donors (Lipinski definition) is 3. The van der Waals surface area contributed by atoms with Crippen molar-refractivity contribution in [3.63, 3.8) is 0 Å². The highest BCUT2D eigenvalue weighted by Gasteiger charge is 2.28. The summed E-state index contributed by atoms with van der Waals surface area (Å²) in [6.45, 7) is 2.72. The summed E-state index contributed by atoms with van der Waals surface area (Å²) in [7, 11) is 1.95. The van der Waals surface area contributed by atoms with Crippen LogP contribution in [-0.2, 0) is 7.05 Å². The number of fused-ring (bicyclic) bond motifs is 1. The van der Waals surface area contributed by atoms with Gasteiger partial charge in [0, 0.05) is 48.7 Å². The average molecular weight is 381 g/mol. The molecule has 1 aromatic heterocycles. The molecule has 0 radical (unpaired) electrons. The van der Waals surface area contributed by atoms with Crippen molar-refractivity contribution in [2.24, 2.45) is 18.6 Å². The van der Waals surface area contributed by atoms with Crippen molar-refractivity contribution < 1.29 is 0 Å². The van der Waals surface area contributed by atoms with Gasteiger partial charge < -0.3 is 16.1 Å². The maximum absolute atomic E-state index is 6.40. The molecular weight excluding hydrogens is 348 g/mol. The summed E-state index contributed by atoms with van der Waals surface area (Å²) < 4.78 is 1.84. The van der Waals surface area contributed by atoms with Gasteiger partial charge in [-0.25, -0.2) is 5.84 Å². The van der Waals surface area contributed by atoms with Crippen LogP contribution in [0.15, 0.2) is 36.3 Å². The van der Waals surface area contributed by atoms with Gasteiger partial charge in [0.15, 0.2) is 0 Å². The van der Waals surface area contributed by atoms with Gasteiger partial charge in [-0.05, 0) is 43.4 Å². The maximum atomic E-state index is 6.40. The van der Waals surface area contributed by atoms with Gasteiger partial charge in [-0.1, -0.05) is 31.4 Å². The van der Waals surface area contributed by atoms with Crippen LogP contribution in [0.3, 0.4) is 0 Å². The van der Waals surface area contributed by atoms with E-state index in [4.69, 9.17) is 11.6 Å². The fraction of sp³-hybridized carbons (Fsp3) is 0.500. The molecule has 1 atom stereocenters. The third-order valence-corrected chi connectivity index (χ3v) is 6.08. The molecule has 1 aliphatic carbocycles. The Kier molecular flexibility index (Phi) is 5.42. The quantitative estimate of drug-likeness (QED) is 0.712. The molecule has 1 aromatic carbocycles. The number of nitrogens with zero attached hydrogens (tertiary/aromatic N) is 3. The van der Waals surface area contributed by atoms with Gasteiger partial charge >= 0.3 is 0 Å². The van der Waals surface area contributed by atoms with E-state index in [-0.39, 0.29) is 6.04 Å². The van der Waals surface area contributed by atoms with Gasteiger partial charge in [-0.3, -0.25) is 4.68 Å². The van der Waals surface area contributed by atoms with E-state index >= 15 is 0 Å². The number of nitrogens with one attached hydrogen (secondary N) is 1. The van der Waals surface area contributed by atoms with Gasteiger partial charge in [-0.15, -0.1) is 0 Å². The molecule has 28 heavy (non-hydrogen) atoms. The van der Waals surface area contributed by atoms with Crippen LogP contribution < -0.4 is 16.9 Å². The number of aryl methyl sites for hydroxylation is 1. The molecule has 1 aliphatic heterocycles. The third kappa shape index (κ3) is 3.80.